The number of aromatic nitrogens is 1. The van der Waals surface area contributed by atoms with Crippen LogP contribution in [0.15, 0.2) is 54.7 Å². The summed E-state index contributed by atoms with van der Waals surface area (Å²) in [5.74, 6) is -0.319. The molecule has 5 nitrogen and oxygen atoms in total. The average molecular weight is 304 g/mol. The highest BCUT2D eigenvalue weighted by molar-refractivity contribution is 6.36. The van der Waals surface area contributed by atoms with Crippen molar-refractivity contribution in [2.24, 2.45) is 0 Å². The Morgan fingerprint density at radius 2 is 1.78 bits per heavy atom. The van der Waals surface area contributed by atoms with Gasteiger partial charge in [0.25, 0.3) is 11.8 Å². The predicted molar refractivity (Wildman–Crippen MR) is 85.9 cm³/mol. The molecule has 4 rings (SSSR count). The summed E-state index contributed by atoms with van der Waals surface area (Å²) < 4.78 is 5.24. The molecule has 0 saturated heterocycles. The maximum Gasteiger partial charge on any atom is 0.269 e. The van der Waals surface area contributed by atoms with Gasteiger partial charge in [-0.1, -0.05) is 24.3 Å². The Labute approximate surface area is 132 Å². The molecule has 3 aromatic rings. The first-order valence-corrected chi connectivity index (χ1v) is 7.12. The molecular formula is C18H12N2O3. The molecule has 0 bridgehead atoms. The normalized spacial score (nSPS) is 13.5. The lowest BCUT2D eigenvalue weighted by Crippen LogP contribution is -2.29. The number of amides is 2. The van der Waals surface area contributed by atoms with Crippen LogP contribution < -0.4 is 9.64 Å². The molecular weight excluding hydrogens is 292 g/mol. The summed E-state index contributed by atoms with van der Waals surface area (Å²) in [5, 5.41) is 0.753. The van der Waals surface area contributed by atoms with Crippen LogP contribution in [-0.2, 0) is 0 Å². The van der Waals surface area contributed by atoms with Crippen LogP contribution >= 0.6 is 0 Å². The molecule has 0 unspecified atom stereocenters. The lowest BCUT2D eigenvalue weighted by atomic mass is 10.1. The van der Waals surface area contributed by atoms with Crippen molar-refractivity contribution in [3.63, 3.8) is 0 Å². The third kappa shape index (κ3) is 1.83. The van der Waals surface area contributed by atoms with E-state index in [2.05, 4.69) is 4.98 Å². The van der Waals surface area contributed by atoms with Gasteiger partial charge in [-0.15, -0.1) is 0 Å². The van der Waals surface area contributed by atoms with Gasteiger partial charge in [0, 0.05) is 11.6 Å². The van der Waals surface area contributed by atoms with Crippen LogP contribution in [0.3, 0.4) is 0 Å². The predicted octanol–water partition coefficient (Wildman–Crippen LogP) is 3.04. The number of benzene rings is 2. The highest BCUT2D eigenvalue weighted by atomic mass is 16.5. The van der Waals surface area contributed by atoms with Crippen molar-refractivity contribution in [2.45, 2.75) is 0 Å². The molecule has 0 atom stereocenters. The standard InChI is InChI=1S/C18H12N2O3/c1-23-15-8-4-6-12-16(15)18(22)20(17(12)21)14-9-10-19-13-7-3-2-5-11(13)14/h2-10H,1H3. The van der Waals surface area contributed by atoms with Crippen molar-refractivity contribution < 1.29 is 14.3 Å². The van der Waals surface area contributed by atoms with Crippen LogP contribution in [0.5, 0.6) is 5.75 Å². The van der Waals surface area contributed by atoms with Gasteiger partial charge in [0.2, 0.25) is 0 Å². The van der Waals surface area contributed by atoms with Gasteiger partial charge in [-0.2, -0.15) is 0 Å². The number of ether oxygens (including phenoxy) is 1. The lowest BCUT2D eigenvalue weighted by Gasteiger charge is -2.16. The second-order valence-corrected chi connectivity index (χ2v) is 5.18. The molecule has 2 amide bonds. The summed E-state index contributed by atoms with van der Waals surface area (Å²) in [5.41, 5.74) is 1.92. The average Bonchev–Trinajstić information content (AvgIpc) is 2.85. The fraction of sp³-hybridized carbons (Fsp3) is 0.0556. The van der Waals surface area contributed by atoms with E-state index in [9.17, 15) is 9.59 Å². The van der Waals surface area contributed by atoms with E-state index in [0.717, 1.165) is 10.9 Å². The Morgan fingerprint density at radius 3 is 2.61 bits per heavy atom. The molecule has 1 aromatic heterocycles. The van der Waals surface area contributed by atoms with Crippen molar-refractivity contribution in [3.8, 4) is 5.75 Å². The number of hydrogen-bond donors (Lipinski definition) is 0. The number of anilines is 1. The van der Waals surface area contributed by atoms with E-state index in [1.54, 1.807) is 30.5 Å². The number of hydrogen-bond acceptors (Lipinski definition) is 4. The molecule has 0 N–H and O–H groups in total. The SMILES string of the molecule is COc1cccc2c1C(=O)N(c1ccnc3ccccc13)C2=O. The van der Waals surface area contributed by atoms with E-state index >= 15 is 0 Å². The fourth-order valence-corrected chi connectivity index (χ4v) is 2.92. The van der Waals surface area contributed by atoms with Crippen LogP contribution in [0, 0.1) is 0 Å². The van der Waals surface area contributed by atoms with Crippen LogP contribution in [0.2, 0.25) is 0 Å². The number of carbonyl (C=O) groups excluding carboxylic acids is 2. The Morgan fingerprint density at radius 1 is 0.957 bits per heavy atom. The number of fused-ring (bicyclic) bond motifs is 2. The summed E-state index contributed by atoms with van der Waals surface area (Å²) in [6, 6.07) is 14.1. The van der Waals surface area contributed by atoms with Gasteiger partial charge in [0.1, 0.15) is 5.75 Å². The first-order valence-electron chi connectivity index (χ1n) is 7.12. The molecule has 1 aliphatic heterocycles. The zero-order valence-corrected chi connectivity index (χ0v) is 12.3. The number of pyridine rings is 1. The molecule has 0 radical (unpaired) electrons. The highest BCUT2D eigenvalue weighted by Gasteiger charge is 2.39. The number of nitrogens with zero attached hydrogens (tertiary/aromatic N) is 2. The fourth-order valence-electron chi connectivity index (χ4n) is 2.92. The minimum absolute atomic E-state index is 0.306. The van der Waals surface area contributed by atoms with E-state index < -0.39 is 0 Å². The number of methoxy groups -OCH3 is 1. The monoisotopic (exact) mass is 304 g/mol. The molecule has 0 fully saturated rings. The van der Waals surface area contributed by atoms with Crippen LogP contribution in [-0.4, -0.2) is 23.9 Å². The summed E-state index contributed by atoms with van der Waals surface area (Å²) in [6.07, 6.45) is 1.60. The summed E-state index contributed by atoms with van der Waals surface area (Å²) in [7, 11) is 1.48. The Bertz CT molecular complexity index is 960. The van der Waals surface area contributed by atoms with E-state index in [0.29, 0.717) is 22.6 Å². The van der Waals surface area contributed by atoms with Gasteiger partial charge in [-0.25, -0.2) is 4.90 Å². The summed E-state index contributed by atoms with van der Waals surface area (Å²) in [6.45, 7) is 0. The van der Waals surface area contributed by atoms with Gasteiger partial charge in [-0.05, 0) is 24.3 Å². The zero-order valence-electron chi connectivity index (χ0n) is 12.3. The molecule has 23 heavy (non-hydrogen) atoms. The molecule has 0 saturated carbocycles. The largest absolute Gasteiger partial charge is 0.496 e. The third-order valence-electron chi connectivity index (χ3n) is 3.96. The first-order chi connectivity index (χ1) is 11.2. The quantitative estimate of drug-likeness (QED) is 0.683. The Hall–Kier alpha value is -3.21. The van der Waals surface area contributed by atoms with Gasteiger partial charge >= 0.3 is 0 Å². The second-order valence-electron chi connectivity index (χ2n) is 5.18. The van der Waals surface area contributed by atoms with Crippen LogP contribution in [0.1, 0.15) is 20.7 Å². The molecule has 2 aromatic carbocycles. The molecule has 0 spiro atoms. The number of imide groups is 1. The number of rotatable bonds is 2. The van der Waals surface area contributed by atoms with Crippen molar-refractivity contribution in [1.82, 2.24) is 4.98 Å². The second kappa shape index (κ2) is 4.91. The smallest absolute Gasteiger partial charge is 0.269 e. The highest BCUT2D eigenvalue weighted by Crippen LogP contribution is 2.36. The first kappa shape index (κ1) is 13.5. The van der Waals surface area contributed by atoms with Gasteiger partial charge in [0.15, 0.2) is 0 Å². The van der Waals surface area contributed by atoms with Crippen molar-refractivity contribution >= 4 is 28.4 Å². The van der Waals surface area contributed by atoms with Crippen molar-refractivity contribution in [1.29, 1.82) is 0 Å². The van der Waals surface area contributed by atoms with E-state index in [4.69, 9.17) is 4.74 Å². The van der Waals surface area contributed by atoms with E-state index in [1.807, 2.05) is 24.3 Å². The van der Waals surface area contributed by atoms with Crippen LogP contribution in [0.4, 0.5) is 5.69 Å². The molecule has 2 heterocycles. The van der Waals surface area contributed by atoms with Crippen molar-refractivity contribution in [2.75, 3.05) is 12.0 Å². The van der Waals surface area contributed by atoms with Crippen molar-refractivity contribution in [3.05, 3.63) is 65.9 Å². The third-order valence-corrected chi connectivity index (χ3v) is 3.96. The molecule has 0 aliphatic carbocycles. The minimum atomic E-state index is -0.376. The summed E-state index contributed by atoms with van der Waals surface area (Å²) >= 11 is 0. The maximum atomic E-state index is 12.8. The minimum Gasteiger partial charge on any atom is -0.496 e. The lowest BCUT2D eigenvalue weighted by molar-refractivity contribution is 0.0926. The summed E-state index contributed by atoms with van der Waals surface area (Å²) in [4.78, 5) is 31.0. The zero-order chi connectivity index (χ0) is 16.0. The Kier molecular flexibility index (Phi) is 2.87. The van der Waals surface area contributed by atoms with Gasteiger partial charge < -0.3 is 4.74 Å². The van der Waals surface area contributed by atoms with Gasteiger partial charge in [-0.3, -0.25) is 14.6 Å². The molecule has 112 valence electrons. The maximum absolute atomic E-state index is 12.8. The molecule has 5 heteroatoms. The Balaban J connectivity index is 1.94. The number of carbonyl (C=O) groups is 2. The van der Waals surface area contributed by atoms with E-state index in [1.165, 1.54) is 12.0 Å². The van der Waals surface area contributed by atoms with Crippen LogP contribution in [0.25, 0.3) is 10.9 Å². The van der Waals surface area contributed by atoms with Gasteiger partial charge in [0.05, 0.1) is 29.4 Å². The topological polar surface area (TPSA) is 59.5 Å². The number of para-hydroxylation sites is 1. The van der Waals surface area contributed by atoms with E-state index in [-0.39, 0.29) is 11.8 Å². The molecule has 1 aliphatic rings.